The van der Waals surface area contributed by atoms with Crippen LogP contribution < -0.4 is 15.0 Å². The Balaban J connectivity index is 1.63. The van der Waals surface area contributed by atoms with E-state index >= 15 is 0 Å². The lowest BCUT2D eigenvalue weighted by Crippen LogP contribution is -2.54. The number of aromatic nitrogens is 2. The summed E-state index contributed by atoms with van der Waals surface area (Å²) in [6.07, 6.45) is -0.683. The molecule has 0 radical (unpaired) electrons. The molecule has 1 aliphatic heterocycles. The number of carbonyl (C=O) groups excluding carboxylic acids is 1. The number of likely N-dealkylation sites (N-methyl/N-ethyl adjacent to an activating group) is 1. The molecule has 1 unspecified atom stereocenters. The highest BCUT2D eigenvalue weighted by Crippen LogP contribution is 2.40. The number of carbonyl (C=O) groups is 1. The Morgan fingerprint density at radius 2 is 1.88 bits per heavy atom. The van der Waals surface area contributed by atoms with Crippen LogP contribution in [0.15, 0.2) is 54.9 Å². The second kappa shape index (κ2) is 11.8. The first-order valence-corrected chi connectivity index (χ1v) is 13.0. The SMILES string of the molecule is COc1ncccc1-c1ccc(C2(C(=O)NC(C)CN(C)C)CCN(c3ccc(C(F)(F)F)cc3F)CC2)cn1. The molecule has 1 atom stereocenters. The van der Waals surface area contributed by atoms with Crippen LogP contribution in [0, 0.1) is 5.82 Å². The first-order chi connectivity index (χ1) is 18.9. The number of pyridine rings is 2. The number of hydrogen-bond donors (Lipinski definition) is 1. The zero-order valence-corrected chi connectivity index (χ0v) is 22.9. The molecule has 2 aromatic heterocycles. The second-order valence-corrected chi connectivity index (χ2v) is 10.4. The van der Waals surface area contributed by atoms with E-state index in [2.05, 4.69) is 15.3 Å². The standard InChI is InChI=1S/C29H33F4N5O2/c1-19(18-37(2)3)36-27(39)28(21-7-9-24(35-17-21)22-6-5-13-34-26(22)40-4)11-14-38(15-12-28)25-10-8-20(16-23(25)30)29(31,32)33/h5-10,13,16-17,19H,11-12,14-15,18H2,1-4H3,(H,36,39). The molecule has 0 spiro atoms. The maximum Gasteiger partial charge on any atom is 0.416 e. The summed E-state index contributed by atoms with van der Waals surface area (Å²) in [4.78, 5) is 26.3. The molecular formula is C29H33F4N5O2. The maximum atomic E-state index is 14.7. The average molecular weight is 560 g/mol. The molecule has 0 saturated carbocycles. The minimum Gasteiger partial charge on any atom is -0.481 e. The summed E-state index contributed by atoms with van der Waals surface area (Å²) in [7, 11) is 5.37. The lowest BCUT2D eigenvalue weighted by atomic mass is 9.72. The highest BCUT2D eigenvalue weighted by molar-refractivity contribution is 5.89. The number of benzene rings is 1. The molecule has 11 heteroatoms. The van der Waals surface area contributed by atoms with E-state index in [1.54, 1.807) is 23.4 Å². The van der Waals surface area contributed by atoms with Gasteiger partial charge in [0, 0.05) is 38.1 Å². The van der Waals surface area contributed by atoms with Crippen LogP contribution in [-0.4, -0.2) is 67.7 Å². The molecule has 3 aromatic rings. The molecule has 0 bridgehead atoms. The van der Waals surface area contributed by atoms with Gasteiger partial charge in [0.05, 0.1) is 35.0 Å². The third kappa shape index (κ3) is 6.19. The van der Waals surface area contributed by atoms with Crippen molar-refractivity contribution < 1.29 is 27.1 Å². The van der Waals surface area contributed by atoms with E-state index in [9.17, 15) is 22.4 Å². The molecule has 1 aliphatic rings. The van der Waals surface area contributed by atoms with Crippen LogP contribution in [0.2, 0.25) is 0 Å². The quantitative estimate of drug-likeness (QED) is 0.396. The van der Waals surface area contributed by atoms with Crippen molar-refractivity contribution in [1.82, 2.24) is 20.2 Å². The lowest BCUT2D eigenvalue weighted by Gasteiger charge is -2.42. The Kier molecular flexibility index (Phi) is 8.62. The van der Waals surface area contributed by atoms with Crippen LogP contribution in [0.25, 0.3) is 11.3 Å². The van der Waals surface area contributed by atoms with Crippen LogP contribution in [0.5, 0.6) is 5.88 Å². The Labute approximate surface area is 231 Å². The van der Waals surface area contributed by atoms with Gasteiger partial charge in [0.2, 0.25) is 11.8 Å². The molecule has 7 nitrogen and oxygen atoms in total. The van der Waals surface area contributed by atoms with Crippen LogP contribution in [-0.2, 0) is 16.4 Å². The number of ether oxygens (including phenoxy) is 1. The zero-order valence-electron chi connectivity index (χ0n) is 22.9. The van der Waals surface area contributed by atoms with Crippen molar-refractivity contribution in [2.45, 2.75) is 37.4 Å². The van der Waals surface area contributed by atoms with E-state index in [-0.39, 0.29) is 30.7 Å². The molecule has 0 aliphatic carbocycles. The van der Waals surface area contributed by atoms with Gasteiger partial charge in [-0.1, -0.05) is 6.07 Å². The second-order valence-electron chi connectivity index (χ2n) is 10.4. The molecule has 1 saturated heterocycles. The van der Waals surface area contributed by atoms with Crippen LogP contribution in [0.4, 0.5) is 23.2 Å². The molecule has 4 rings (SSSR count). The smallest absolute Gasteiger partial charge is 0.416 e. The Morgan fingerprint density at radius 3 is 2.45 bits per heavy atom. The van der Waals surface area contributed by atoms with Gasteiger partial charge in [-0.05, 0) is 75.8 Å². The van der Waals surface area contributed by atoms with E-state index in [1.807, 2.05) is 44.1 Å². The van der Waals surface area contributed by atoms with Gasteiger partial charge >= 0.3 is 6.18 Å². The number of rotatable bonds is 8. The summed E-state index contributed by atoms with van der Waals surface area (Å²) < 4.78 is 59.2. The molecule has 214 valence electrons. The molecule has 1 amide bonds. The van der Waals surface area contributed by atoms with E-state index in [4.69, 9.17) is 4.74 Å². The Hall–Kier alpha value is -3.73. The fourth-order valence-electron chi connectivity index (χ4n) is 5.26. The van der Waals surface area contributed by atoms with E-state index in [1.165, 1.54) is 7.11 Å². The third-order valence-corrected chi connectivity index (χ3v) is 7.24. The van der Waals surface area contributed by atoms with Gasteiger partial charge in [0.15, 0.2) is 0 Å². The minimum absolute atomic E-state index is 0.0835. The van der Waals surface area contributed by atoms with E-state index in [0.717, 1.165) is 12.1 Å². The first kappa shape index (κ1) is 29.3. The van der Waals surface area contributed by atoms with Crippen LogP contribution >= 0.6 is 0 Å². The predicted molar refractivity (Wildman–Crippen MR) is 145 cm³/mol. The minimum atomic E-state index is -4.63. The van der Waals surface area contributed by atoms with E-state index < -0.39 is 23.0 Å². The number of halogens is 4. The van der Waals surface area contributed by atoms with Gasteiger partial charge in [-0.25, -0.2) is 9.37 Å². The Bertz CT molecular complexity index is 1320. The van der Waals surface area contributed by atoms with Gasteiger partial charge in [-0.3, -0.25) is 9.78 Å². The monoisotopic (exact) mass is 559 g/mol. The maximum absolute atomic E-state index is 14.7. The third-order valence-electron chi connectivity index (χ3n) is 7.24. The summed E-state index contributed by atoms with van der Waals surface area (Å²) in [6.45, 7) is 3.11. The van der Waals surface area contributed by atoms with Crippen molar-refractivity contribution in [2.24, 2.45) is 0 Å². The number of alkyl halides is 3. The molecule has 3 heterocycles. The van der Waals surface area contributed by atoms with Crippen molar-refractivity contribution in [2.75, 3.05) is 45.7 Å². The normalized spacial score (nSPS) is 16.1. The first-order valence-electron chi connectivity index (χ1n) is 13.0. The van der Waals surface area contributed by atoms with Crippen molar-refractivity contribution in [3.05, 3.63) is 71.8 Å². The van der Waals surface area contributed by atoms with Gasteiger partial charge in [0.1, 0.15) is 5.82 Å². The molecular weight excluding hydrogens is 526 g/mol. The van der Waals surface area contributed by atoms with Crippen LogP contribution in [0.3, 0.4) is 0 Å². The zero-order chi connectivity index (χ0) is 29.1. The van der Waals surface area contributed by atoms with Crippen molar-refractivity contribution in [3.63, 3.8) is 0 Å². The van der Waals surface area contributed by atoms with Gasteiger partial charge in [0.25, 0.3) is 0 Å². The topological polar surface area (TPSA) is 70.6 Å². The molecule has 1 aromatic carbocycles. The summed E-state index contributed by atoms with van der Waals surface area (Å²) in [6, 6.07) is 9.72. The van der Waals surface area contributed by atoms with Gasteiger partial charge < -0.3 is 19.9 Å². The average Bonchev–Trinajstić information content (AvgIpc) is 2.92. The van der Waals surface area contributed by atoms with Gasteiger partial charge in [-0.2, -0.15) is 13.2 Å². The molecule has 1 fully saturated rings. The van der Waals surface area contributed by atoms with Crippen molar-refractivity contribution >= 4 is 11.6 Å². The summed E-state index contributed by atoms with van der Waals surface area (Å²) in [5, 5.41) is 3.12. The number of piperidine rings is 1. The number of anilines is 1. The number of amides is 1. The highest BCUT2D eigenvalue weighted by atomic mass is 19.4. The van der Waals surface area contributed by atoms with Gasteiger partial charge in [-0.15, -0.1) is 0 Å². The number of hydrogen-bond acceptors (Lipinski definition) is 6. The molecule has 40 heavy (non-hydrogen) atoms. The highest BCUT2D eigenvalue weighted by Gasteiger charge is 2.44. The largest absolute Gasteiger partial charge is 0.481 e. The number of methoxy groups -OCH3 is 1. The number of nitrogens with one attached hydrogen (secondary N) is 1. The Morgan fingerprint density at radius 1 is 1.15 bits per heavy atom. The predicted octanol–water partition coefficient (Wildman–Crippen LogP) is 4.91. The van der Waals surface area contributed by atoms with Crippen LogP contribution in [0.1, 0.15) is 30.9 Å². The fraction of sp³-hybridized carbons (Fsp3) is 0.414. The fourth-order valence-corrected chi connectivity index (χ4v) is 5.26. The van der Waals surface area contributed by atoms with Crippen molar-refractivity contribution in [1.29, 1.82) is 0 Å². The number of nitrogens with zero attached hydrogens (tertiary/aromatic N) is 4. The summed E-state index contributed by atoms with van der Waals surface area (Å²) >= 11 is 0. The lowest BCUT2D eigenvalue weighted by molar-refractivity contribution is -0.137. The molecule has 1 N–H and O–H groups in total. The summed E-state index contributed by atoms with van der Waals surface area (Å²) in [5.74, 6) is -0.676. The summed E-state index contributed by atoms with van der Waals surface area (Å²) in [5.41, 5.74) is 0.146. The van der Waals surface area contributed by atoms with E-state index in [0.29, 0.717) is 48.2 Å². The van der Waals surface area contributed by atoms with Crippen molar-refractivity contribution in [3.8, 4) is 17.1 Å².